The van der Waals surface area contributed by atoms with Crippen molar-refractivity contribution in [2.75, 3.05) is 18.5 Å². The lowest BCUT2D eigenvalue weighted by Crippen LogP contribution is -2.21. The van der Waals surface area contributed by atoms with Gasteiger partial charge in [0.1, 0.15) is 5.82 Å². The van der Waals surface area contributed by atoms with Gasteiger partial charge >= 0.3 is 0 Å². The maximum atomic E-state index is 12.9. The van der Waals surface area contributed by atoms with Crippen molar-refractivity contribution in [2.24, 2.45) is 0 Å². The van der Waals surface area contributed by atoms with Crippen molar-refractivity contribution in [1.29, 1.82) is 0 Å². The number of anilines is 1. The third-order valence-electron chi connectivity index (χ3n) is 3.17. The average molecular weight is 371 g/mol. The Hall–Kier alpha value is -1.39. The topological polar surface area (TPSA) is 20.3 Å². The van der Waals surface area contributed by atoms with E-state index in [1.54, 1.807) is 30.3 Å². The second kappa shape index (κ2) is 7.05. The van der Waals surface area contributed by atoms with Gasteiger partial charge in [0, 0.05) is 35.7 Å². The zero-order chi connectivity index (χ0) is 15.4. The molecule has 0 N–H and O–H groups in total. The van der Waals surface area contributed by atoms with E-state index < -0.39 is 0 Å². The number of carbonyl (C=O) groups is 1. The summed E-state index contributed by atoms with van der Waals surface area (Å²) in [7, 11) is 1.86. The first-order valence-corrected chi connectivity index (χ1v) is 7.59. The van der Waals surface area contributed by atoms with Crippen molar-refractivity contribution in [1.82, 2.24) is 0 Å². The number of halogens is 3. The van der Waals surface area contributed by atoms with Crippen LogP contribution in [0.5, 0.6) is 0 Å². The predicted octanol–water partition coefficient (Wildman–Crippen LogP) is 4.95. The van der Waals surface area contributed by atoms with Crippen LogP contribution in [-0.4, -0.2) is 19.4 Å². The molecule has 0 saturated carbocycles. The number of benzene rings is 2. The number of Topliss-reactive ketones (excluding diaryl/α,β-unsaturated/α-hetero) is 1. The van der Waals surface area contributed by atoms with Gasteiger partial charge in [0.05, 0.1) is 5.02 Å². The van der Waals surface area contributed by atoms with Gasteiger partial charge in [-0.25, -0.2) is 4.39 Å². The fourth-order valence-electron chi connectivity index (χ4n) is 1.94. The molecule has 5 heteroatoms. The lowest BCUT2D eigenvalue weighted by atomic mass is 10.1. The monoisotopic (exact) mass is 369 g/mol. The van der Waals surface area contributed by atoms with E-state index in [1.807, 2.05) is 11.9 Å². The minimum absolute atomic E-state index is 0.0125. The van der Waals surface area contributed by atoms with Gasteiger partial charge in [0.2, 0.25) is 0 Å². The molecule has 21 heavy (non-hydrogen) atoms. The number of hydrogen-bond acceptors (Lipinski definition) is 2. The summed E-state index contributed by atoms with van der Waals surface area (Å²) in [5, 5.41) is 0.443. The highest BCUT2D eigenvalue weighted by Gasteiger charge is 2.12. The lowest BCUT2D eigenvalue weighted by molar-refractivity contribution is 0.0985. The summed E-state index contributed by atoms with van der Waals surface area (Å²) in [6.07, 6.45) is 0.342. The Morgan fingerprint density at radius 2 is 1.90 bits per heavy atom. The van der Waals surface area contributed by atoms with Gasteiger partial charge in [0.25, 0.3) is 0 Å². The molecule has 0 aromatic heterocycles. The van der Waals surface area contributed by atoms with Gasteiger partial charge in [-0.15, -0.1) is 0 Å². The minimum Gasteiger partial charge on any atom is -0.374 e. The molecule has 0 unspecified atom stereocenters. The molecule has 2 aromatic rings. The van der Waals surface area contributed by atoms with Gasteiger partial charge in [-0.1, -0.05) is 27.5 Å². The van der Waals surface area contributed by atoms with E-state index in [0.29, 0.717) is 23.6 Å². The molecule has 0 amide bonds. The molecule has 0 aliphatic carbocycles. The number of hydrogen-bond donors (Lipinski definition) is 0. The Bertz CT molecular complexity index is 645. The van der Waals surface area contributed by atoms with Crippen molar-refractivity contribution in [3.63, 3.8) is 0 Å². The normalized spacial score (nSPS) is 10.5. The highest BCUT2D eigenvalue weighted by molar-refractivity contribution is 9.10. The molecule has 0 radical (unpaired) electrons. The van der Waals surface area contributed by atoms with Crippen LogP contribution in [0.4, 0.5) is 10.1 Å². The van der Waals surface area contributed by atoms with Crippen LogP contribution in [0.2, 0.25) is 5.02 Å². The van der Waals surface area contributed by atoms with Crippen molar-refractivity contribution < 1.29 is 9.18 Å². The summed E-state index contributed by atoms with van der Waals surface area (Å²) in [5.74, 6) is -0.286. The Kier molecular flexibility index (Phi) is 5.37. The van der Waals surface area contributed by atoms with Crippen LogP contribution >= 0.6 is 27.5 Å². The third kappa shape index (κ3) is 4.29. The highest BCUT2D eigenvalue weighted by Crippen LogP contribution is 2.23. The van der Waals surface area contributed by atoms with Crippen molar-refractivity contribution in [2.45, 2.75) is 6.42 Å². The lowest BCUT2D eigenvalue weighted by Gasteiger charge is -2.18. The van der Waals surface area contributed by atoms with E-state index in [-0.39, 0.29) is 11.6 Å². The van der Waals surface area contributed by atoms with Gasteiger partial charge in [-0.3, -0.25) is 4.79 Å². The Morgan fingerprint density at radius 1 is 1.24 bits per heavy atom. The van der Waals surface area contributed by atoms with Crippen LogP contribution in [0.25, 0.3) is 0 Å². The largest absolute Gasteiger partial charge is 0.374 e. The third-order valence-corrected chi connectivity index (χ3v) is 3.98. The molecule has 2 rings (SSSR count). The quantitative estimate of drug-likeness (QED) is 0.694. The van der Waals surface area contributed by atoms with Gasteiger partial charge in [-0.05, 0) is 42.5 Å². The van der Waals surface area contributed by atoms with E-state index in [0.717, 1.165) is 10.2 Å². The second-order valence-corrected chi connectivity index (χ2v) is 6.02. The molecule has 2 aromatic carbocycles. The maximum absolute atomic E-state index is 12.9. The Balaban J connectivity index is 1.99. The maximum Gasteiger partial charge on any atom is 0.166 e. The SMILES string of the molecule is CN(CCC(=O)c1ccc(Br)cc1Cl)c1ccc(F)cc1. The fourth-order valence-corrected chi connectivity index (χ4v) is 2.72. The van der Waals surface area contributed by atoms with Gasteiger partial charge in [-0.2, -0.15) is 0 Å². The number of rotatable bonds is 5. The molecule has 0 bridgehead atoms. The standard InChI is InChI=1S/C16H14BrClFNO/c1-20(13-5-3-12(19)4-6-13)9-8-16(21)14-7-2-11(17)10-15(14)18/h2-7,10H,8-9H2,1H3. The van der Waals surface area contributed by atoms with E-state index in [2.05, 4.69) is 15.9 Å². The first-order chi connectivity index (χ1) is 9.97. The van der Waals surface area contributed by atoms with Crippen LogP contribution in [0.15, 0.2) is 46.9 Å². The van der Waals surface area contributed by atoms with Crippen molar-refractivity contribution in [3.8, 4) is 0 Å². The van der Waals surface area contributed by atoms with Gasteiger partial charge in [0.15, 0.2) is 5.78 Å². The first kappa shape index (κ1) is 16.0. The van der Waals surface area contributed by atoms with E-state index >= 15 is 0 Å². The Labute approximate surface area is 136 Å². The summed E-state index contributed by atoms with van der Waals surface area (Å²) < 4.78 is 13.7. The molecule has 0 saturated heterocycles. The Morgan fingerprint density at radius 3 is 2.52 bits per heavy atom. The van der Waals surface area contributed by atoms with Gasteiger partial charge < -0.3 is 4.90 Å². The van der Waals surface area contributed by atoms with E-state index in [4.69, 9.17) is 11.6 Å². The van der Waals surface area contributed by atoms with Crippen LogP contribution in [-0.2, 0) is 0 Å². The summed E-state index contributed by atoms with van der Waals surface area (Å²) in [4.78, 5) is 14.1. The summed E-state index contributed by atoms with van der Waals surface area (Å²) in [6, 6.07) is 11.4. The first-order valence-electron chi connectivity index (χ1n) is 6.42. The highest BCUT2D eigenvalue weighted by atomic mass is 79.9. The molecular weight excluding hydrogens is 357 g/mol. The molecule has 0 heterocycles. The minimum atomic E-state index is -0.273. The molecule has 0 fully saturated rings. The molecule has 0 atom stereocenters. The molecule has 2 nitrogen and oxygen atoms in total. The molecule has 110 valence electrons. The average Bonchev–Trinajstić information content (AvgIpc) is 2.45. The number of nitrogens with zero attached hydrogens (tertiary/aromatic N) is 1. The van der Waals surface area contributed by atoms with Crippen LogP contribution in [0, 0.1) is 5.82 Å². The fraction of sp³-hybridized carbons (Fsp3) is 0.188. The van der Waals surface area contributed by atoms with E-state index in [1.165, 1.54) is 12.1 Å². The summed E-state index contributed by atoms with van der Waals surface area (Å²) in [6.45, 7) is 0.539. The summed E-state index contributed by atoms with van der Waals surface area (Å²) in [5.41, 5.74) is 1.39. The summed E-state index contributed by atoms with van der Waals surface area (Å²) >= 11 is 9.38. The smallest absolute Gasteiger partial charge is 0.166 e. The van der Waals surface area contributed by atoms with Crippen LogP contribution < -0.4 is 4.90 Å². The number of carbonyl (C=O) groups excluding carboxylic acids is 1. The predicted molar refractivity (Wildman–Crippen MR) is 87.8 cm³/mol. The molecule has 0 aliphatic heterocycles. The molecule has 0 aliphatic rings. The second-order valence-electron chi connectivity index (χ2n) is 4.70. The van der Waals surface area contributed by atoms with Crippen molar-refractivity contribution in [3.05, 3.63) is 63.3 Å². The molecule has 0 spiro atoms. The zero-order valence-electron chi connectivity index (χ0n) is 11.4. The number of ketones is 1. The van der Waals surface area contributed by atoms with Crippen LogP contribution in [0.3, 0.4) is 0 Å². The molecular formula is C16H14BrClFNO. The van der Waals surface area contributed by atoms with Crippen molar-refractivity contribution >= 4 is 39.0 Å². The van der Waals surface area contributed by atoms with Crippen LogP contribution in [0.1, 0.15) is 16.8 Å². The zero-order valence-corrected chi connectivity index (χ0v) is 13.8. The van der Waals surface area contributed by atoms with E-state index in [9.17, 15) is 9.18 Å².